The quantitative estimate of drug-likeness (QED) is 0.518. The Hall–Kier alpha value is -3.53. The Bertz CT molecular complexity index is 1240. The smallest absolute Gasteiger partial charge is 0.250 e. The van der Waals surface area contributed by atoms with E-state index in [1.54, 1.807) is 23.0 Å². The van der Waals surface area contributed by atoms with Gasteiger partial charge in [-0.3, -0.25) is 9.78 Å². The second-order valence-electron chi connectivity index (χ2n) is 10.2. The molecule has 3 atom stereocenters. The molecule has 3 aromatic heterocycles. The minimum absolute atomic E-state index is 0.0419. The molecule has 5 heterocycles. The molecule has 2 unspecified atom stereocenters. The molecule has 2 saturated heterocycles. The molecule has 2 aliphatic heterocycles. The van der Waals surface area contributed by atoms with E-state index in [1.165, 1.54) is 0 Å². The van der Waals surface area contributed by atoms with E-state index in [-0.39, 0.29) is 23.7 Å². The first-order valence-electron chi connectivity index (χ1n) is 13.1. The normalized spacial score (nSPS) is 21.3. The second-order valence-corrected chi connectivity index (χ2v) is 10.2. The highest BCUT2D eigenvalue weighted by Gasteiger charge is 2.33. The summed E-state index contributed by atoms with van der Waals surface area (Å²) in [4.78, 5) is 34.9. The number of piperidine rings is 1. The number of hydrogen-bond donors (Lipinski definition) is 1. The molecule has 196 valence electrons. The lowest BCUT2D eigenvalue weighted by Gasteiger charge is -2.35. The van der Waals surface area contributed by atoms with Crippen molar-refractivity contribution in [2.24, 2.45) is 11.7 Å². The summed E-state index contributed by atoms with van der Waals surface area (Å²) in [5.41, 5.74) is 8.41. The van der Waals surface area contributed by atoms with E-state index in [1.807, 2.05) is 36.5 Å². The molecule has 2 fully saturated rings. The van der Waals surface area contributed by atoms with Gasteiger partial charge in [0.15, 0.2) is 5.75 Å². The van der Waals surface area contributed by atoms with Gasteiger partial charge in [0.05, 0.1) is 42.6 Å². The van der Waals surface area contributed by atoms with Crippen molar-refractivity contribution in [1.29, 1.82) is 0 Å². The Balaban J connectivity index is 1.15. The summed E-state index contributed by atoms with van der Waals surface area (Å²) in [5, 5.41) is 0. The molecule has 37 heavy (non-hydrogen) atoms. The average molecular weight is 505 g/mol. The van der Waals surface area contributed by atoms with Gasteiger partial charge in [0, 0.05) is 44.5 Å². The summed E-state index contributed by atoms with van der Waals surface area (Å²) in [7, 11) is 0. The molecular weight excluding hydrogens is 468 g/mol. The SMILES string of the molecule is CCc1cnc(N2CCC([C@H](C)Oc3cnc(N4CC(N)C(n5cc(C)ccc5=O)C4)nc3)CC2)cn1. The monoisotopic (exact) mass is 504 g/mol. The van der Waals surface area contributed by atoms with Crippen LogP contribution in [0.3, 0.4) is 0 Å². The molecule has 10 heteroatoms. The van der Waals surface area contributed by atoms with Gasteiger partial charge in [0.2, 0.25) is 5.95 Å². The van der Waals surface area contributed by atoms with Crippen LogP contribution in [0.1, 0.15) is 44.0 Å². The highest BCUT2D eigenvalue weighted by molar-refractivity contribution is 5.37. The van der Waals surface area contributed by atoms with Crippen molar-refractivity contribution in [2.45, 2.75) is 58.2 Å². The Morgan fingerprint density at radius 2 is 1.78 bits per heavy atom. The number of rotatable bonds is 7. The van der Waals surface area contributed by atoms with Crippen LogP contribution < -0.4 is 25.8 Å². The van der Waals surface area contributed by atoms with E-state index in [0.29, 0.717) is 30.7 Å². The summed E-state index contributed by atoms with van der Waals surface area (Å²) in [5.74, 6) is 2.66. The van der Waals surface area contributed by atoms with Gasteiger partial charge in [-0.05, 0) is 44.6 Å². The molecule has 0 amide bonds. The third-order valence-corrected chi connectivity index (χ3v) is 7.58. The lowest BCUT2D eigenvalue weighted by molar-refractivity contribution is 0.132. The lowest BCUT2D eigenvalue weighted by Crippen LogP contribution is -2.39. The maximum absolute atomic E-state index is 12.4. The van der Waals surface area contributed by atoms with Crippen molar-refractivity contribution in [3.05, 3.63) is 64.7 Å². The third kappa shape index (κ3) is 5.58. The van der Waals surface area contributed by atoms with Crippen LogP contribution in [0.25, 0.3) is 0 Å². The van der Waals surface area contributed by atoms with Crippen molar-refractivity contribution < 1.29 is 4.74 Å². The van der Waals surface area contributed by atoms with Crippen LogP contribution in [0.2, 0.25) is 0 Å². The first-order chi connectivity index (χ1) is 17.9. The fraction of sp³-hybridized carbons (Fsp3) is 0.519. The van der Waals surface area contributed by atoms with Crippen molar-refractivity contribution in [2.75, 3.05) is 36.0 Å². The van der Waals surface area contributed by atoms with Gasteiger partial charge in [-0.15, -0.1) is 0 Å². The number of nitrogens with two attached hydrogens (primary N) is 1. The molecule has 2 aliphatic rings. The summed E-state index contributed by atoms with van der Waals surface area (Å²) >= 11 is 0. The van der Waals surface area contributed by atoms with Crippen LogP contribution in [0, 0.1) is 12.8 Å². The summed E-state index contributed by atoms with van der Waals surface area (Å²) in [6, 6.07) is 3.12. The summed E-state index contributed by atoms with van der Waals surface area (Å²) < 4.78 is 7.96. The van der Waals surface area contributed by atoms with Crippen molar-refractivity contribution in [3.8, 4) is 5.75 Å². The van der Waals surface area contributed by atoms with Gasteiger partial charge in [0.25, 0.3) is 5.56 Å². The maximum atomic E-state index is 12.4. The zero-order chi connectivity index (χ0) is 25.9. The Labute approximate surface area is 217 Å². The zero-order valence-electron chi connectivity index (χ0n) is 21.8. The molecule has 0 saturated carbocycles. The molecule has 10 nitrogen and oxygen atoms in total. The van der Waals surface area contributed by atoms with Gasteiger partial charge >= 0.3 is 0 Å². The number of pyridine rings is 1. The van der Waals surface area contributed by atoms with E-state index < -0.39 is 0 Å². The molecule has 0 aliphatic carbocycles. The van der Waals surface area contributed by atoms with E-state index >= 15 is 0 Å². The van der Waals surface area contributed by atoms with Crippen LogP contribution in [0.5, 0.6) is 5.75 Å². The minimum Gasteiger partial charge on any atom is -0.487 e. The molecule has 2 N–H and O–H groups in total. The van der Waals surface area contributed by atoms with Crippen LogP contribution in [-0.4, -0.2) is 62.8 Å². The molecular formula is C27H36N8O2. The van der Waals surface area contributed by atoms with E-state index in [4.69, 9.17) is 10.5 Å². The number of hydrogen-bond acceptors (Lipinski definition) is 9. The van der Waals surface area contributed by atoms with E-state index in [0.717, 1.165) is 49.4 Å². The number of nitrogens with zero attached hydrogens (tertiary/aromatic N) is 7. The molecule has 0 radical (unpaired) electrons. The van der Waals surface area contributed by atoms with Gasteiger partial charge in [0.1, 0.15) is 5.82 Å². The van der Waals surface area contributed by atoms with Crippen molar-refractivity contribution >= 4 is 11.8 Å². The van der Waals surface area contributed by atoms with Gasteiger partial charge in [-0.1, -0.05) is 13.0 Å². The van der Waals surface area contributed by atoms with Crippen LogP contribution >= 0.6 is 0 Å². The number of ether oxygens (including phenoxy) is 1. The van der Waals surface area contributed by atoms with Gasteiger partial charge in [-0.2, -0.15) is 0 Å². The predicted octanol–water partition coefficient (Wildman–Crippen LogP) is 2.37. The van der Waals surface area contributed by atoms with E-state index in [9.17, 15) is 4.79 Å². The Morgan fingerprint density at radius 3 is 2.46 bits per heavy atom. The lowest BCUT2D eigenvalue weighted by atomic mass is 9.92. The molecule has 0 aromatic carbocycles. The van der Waals surface area contributed by atoms with Gasteiger partial charge < -0.3 is 24.8 Å². The second kappa shape index (κ2) is 10.8. The first-order valence-corrected chi connectivity index (χ1v) is 13.1. The number of aryl methyl sites for hydroxylation is 2. The Kier molecular flexibility index (Phi) is 7.36. The zero-order valence-corrected chi connectivity index (χ0v) is 21.8. The molecule has 0 spiro atoms. The van der Waals surface area contributed by atoms with Crippen molar-refractivity contribution in [3.63, 3.8) is 0 Å². The summed E-state index contributed by atoms with van der Waals surface area (Å²) in [6.45, 7) is 9.23. The highest BCUT2D eigenvalue weighted by Crippen LogP contribution is 2.28. The fourth-order valence-electron chi connectivity index (χ4n) is 5.28. The largest absolute Gasteiger partial charge is 0.487 e. The summed E-state index contributed by atoms with van der Waals surface area (Å²) in [6.07, 6.45) is 12.1. The number of anilines is 2. The first kappa shape index (κ1) is 25.1. The maximum Gasteiger partial charge on any atom is 0.250 e. The molecule has 5 rings (SSSR count). The van der Waals surface area contributed by atoms with Crippen LogP contribution in [0.15, 0.2) is 47.9 Å². The van der Waals surface area contributed by atoms with Crippen molar-refractivity contribution in [1.82, 2.24) is 24.5 Å². The van der Waals surface area contributed by atoms with Crippen LogP contribution in [0.4, 0.5) is 11.8 Å². The standard InChI is InChI=1S/C27H36N8O2/c1-4-21-11-30-25(14-29-21)33-9-7-20(8-10-33)19(3)37-22-12-31-27(32-13-22)34-16-23(28)24(17-34)35-15-18(2)5-6-26(35)36/h5-6,11-15,19-20,23-24H,4,7-10,16-17,28H2,1-3H3/t19-,23?,24?/m0/s1. The fourth-order valence-corrected chi connectivity index (χ4v) is 5.28. The predicted molar refractivity (Wildman–Crippen MR) is 143 cm³/mol. The molecule has 0 bridgehead atoms. The third-order valence-electron chi connectivity index (χ3n) is 7.58. The topological polar surface area (TPSA) is 115 Å². The van der Waals surface area contributed by atoms with Gasteiger partial charge in [-0.25, -0.2) is 15.0 Å². The van der Waals surface area contributed by atoms with Crippen LogP contribution in [-0.2, 0) is 6.42 Å². The van der Waals surface area contributed by atoms with E-state index in [2.05, 4.69) is 38.7 Å². The molecule has 3 aromatic rings. The highest BCUT2D eigenvalue weighted by atomic mass is 16.5. The average Bonchev–Trinajstić information content (AvgIpc) is 3.31. The Morgan fingerprint density at radius 1 is 1.03 bits per heavy atom. The minimum atomic E-state index is -0.180. The number of aromatic nitrogens is 5.